The molecule has 0 saturated carbocycles. The fourth-order valence-electron chi connectivity index (χ4n) is 5.59. The Labute approximate surface area is 212 Å². The Balaban J connectivity index is 1.15. The smallest absolute Gasteiger partial charge is 0.324 e. The van der Waals surface area contributed by atoms with Crippen LogP contribution in [0.2, 0.25) is 0 Å². The molecule has 8 heteroatoms. The number of carbonyl (C=O) groups is 3. The third-order valence-corrected chi connectivity index (χ3v) is 7.87. The van der Waals surface area contributed by atoms with Gasteiger partial charge in [0.25, 0.3) is 5.91 Å². The third kappa shape index (κ3) is 4.63. The molecule has 2 heterocycles. The van der Waals surface area contributed by atoms with Crippen molar-refractivity contribution in [2.45, 2.75) is 45.6 Å². The summed E-state index contributed by atoms with van der Waals surface area (Å²) in [5.41, 5.74) is 5.42. The number of fused-ring (bicyclic) bond motifs is 1. The van der Waals surface area contributed by atoms with Crippen LogP contribution >= 0.6 is 0 Å². The number of benzene rings is 2. The summed E-state index contributed by atoms with van der Waals surface area (Å²) in [6.45, 7) is 9.13. The van der Waals surface area contributed by atoms with Gasteiger partial charge < -0.3 is 10.6 Å². The van der Waals surface area contributed by atoms with Crippen LogP contribution in [0, 0.1) is 13.8 Å². The Bertz CT molecular complexity index is 1180. The first kappa shape index (κ1) is 24.5. The van der Waals surface area contributed by atoms with E-state index in [1.807, 2.05) is 38.1 Å². The minimum atomic E-state index is -1.04. The predicted octanol–water partition coefficient (Wildman–Crippen LogP) is 2.77. The quantitative estimate of drug-likeness (QED) is 0.610. The van der Waals surface area contributed by atoms with Crippen molar-refractivity contribution in [2.24, 2.45) is 0 Å². The molecule has 2 saturated heterocycles. The number of imide groups is 1. The maximum absolute atomic E-state index is 13.4. The monoisotopic (exact) mass is 489 g/mol. The number of aryl methyl sites for hydroxylation is 4. The molecule has 2 aromatic carbocycles. The van der Waals surface area contributed by atoms with Crippen molar-refractivity contribution in [3.8, 4) is 0 Å². The van der Waals surface area contributed by atoms with E-state index in [1.165, 1.54) is 16.0 Å². The molecule has 0 radical (unpaired) electrons. The maximum Gasteiger partial charge on any atom is 0.326 e. The van der Waals surface area contributed by atoms with Crippen molar-refractivity contribution in [2.75, 3.05) is 44.7 Å². The normalized spacial score (nSPS) is 22.6. The number of hydrogen-bond donors (Lipinski definition) is 2. The van der Waals surface area contributed by atoms with Gasteiger partial charge in [0, 0.05) is 31.9 Å². The first-order valence-electron chi connectivity index (χ1n) is 12.8. The van der Waals surface area contributed by atoms with Gasteiger partial charge in [0.2, 0.25) is 5.91 Å². The summed E-state index contributed by atoms with van der Waals surface area (Å²) in [5, 5.41) is 5.99. The van der Waals surface area contributed by atoms with Crippen LogP contribution in [0.4, 0.5) is 10.5 Å². The van der Waals surface area contributed by atoms with Crippen molar-refractivity contribution in [1.82, 2.24) is 20.0 Å². The van der Waals surface area contributed by atoms with E-state index in [9.17, 15) is 14.4 Å². The highest BCUT2D eigenvalue weighted by atomic mass is 16.2. The minimum Gasteiger partial charge on any atom is -0.324 e. The molecule has 1 unspecified atom stereocenters. The average molecular weight is 490 g/mol. The number of para-hydroxylation sites is 1. The van der Waals surface area contributed by atoms with Crippen LogP contribution in [0.3, 0.4) is 0 Å². The van der Waals surface area contributed by atoms with E-state index in [0.29, 0.717) is 32.7 Å². The van der Waals surface area contributed by atoms with Crippen LogP contribution in [-0.4, -0.2) is 71.9 Å². The molecule has 2 aliphatic heterocycles. The van der Waals surface area contributed by atoms with E-state index in [4.69, 9.17) is 0 Å². The van der Waals surface area contributed by atoms with Crippen molar-refractivity contribution >= 4 is 23.5 Å². The summed E-state index contributed by atoms with van der Waals surface area (Å²) in [6, 6.07) is 11.8. The van der Waals surface area contributed by atoms with Crippen molar-refractivity contribution < 1.29 is 14.4 Å². The summed E-state index contributed by atoms with van der Waals surface area (Å²) in [7, 11) is 0. The number of urea groups is 1. The number of anilines is 1. The molecule has 8 nitrogen and oxygen atoms in total. The van der Waals surface area contributed by atoms with E-state index in [0.717, 1.165) is 41.6 Å². The third-order valence-electron chi connectivity index (χ3n) is 7.87. The standard InChI is InChI=1S/C28H35N5O3/c1-19-6-4-7-20(2)25(19)29-24(34)17-31-12-14-32(15-13-31)18-33-26(35)28(3,30-27(33)36)23-11-10-21-8-5-9-22(21)16-23/h4,6-7,10-11,16H,5,8-9,12-15,17-18H2,1-3H3,(H,29,34)(H,30,36). The number of nitrogens with zero attached hydrogens (tertiary/aromatic N) is 3. The van der Waals surface area contributed by atoms with Crippen LogP contribution in [0.25, 0.3) is 0 Å². The van der Waals surface area contributed by atoms with Crippen LogP contribution < -0.4 is 10.6 Å². The van der Waals surface area contributed by atoms with E-state index in [-0.39, 0.29) is 24.5 Å². The largest absolute Gasteiger partial charge is 0.326 e. The lowest BCUT2D eigenvalue weighted by Gasteiger charge is -2.35. The van der Waals surface area contributed by atoms with Crippen LogP contribution in [-0.2, 0) is 28.0 Å². The summed E-state index contributed by atoms with van der Waals surface area (Å²) in [4.78, 5) is 44.4. The fraction of sp³-hybridized carbons (Fsp3) is 0.464. The summed E-state index contributed by atoms with van der Waals surface area (Å²) >= 11 is 0. The summed E-state index contributed by atoms with van der Waals surface area (Å²) < 4.78 is 0. The van der Waals surface area contributed by atoms with Crippen molar-refractivity contribution in [1.29, 1.82) is 0 Å². The average Bonchev–Trinajstić information content (AvgIpc) is 3.41. The number of amides is 4. The molecule has 0 spiro atoms. The molecule has 2 aromatic rings. The van der Waals surface area contributed by atoms with E-state index in [2.05, 4.69) is 32.6 Å². The van der Waals surface area contributed by atoms with Crippen LogP contribution in [0.1, 0.15) is 41.2 Å². The summed E-state index contributed by atoms with van der Waals surface area (Å²) in [5.74, 6) is -0.235. The molecule has 1 atom stereocenters. The lowest BCUT2D eigenvalue weighted by molar-refractivity contribution is -0.132. The zero-order valence-corrected chi connectivity index (χ0v) is 21.4. The number of carbonyl (C=O) groups excluding carboxylic acids is 3. The van der Waals surface area contributed by atoms with E-state index in [1.54, 1.807) is 6.92 Å². The molecular formula is C28H35N5O3. The molecule has 2 fully saturated rings. The lowest BCUT2D eigenvalue weighted by atomic mass is 9.90. The number of hydrogen-bond acceptors (Lipinski definition) is 5. The molecule has 36 heavy (non-hydrogen) atoms. The first-order chi connectivity index (χ1) is 17.2. The molecular weight excluding hydrogens is 454 g/mol. The van der Waals surface area contributed by atoms with E-state index >= 15 is 0 Å². The topological polar surface area (TPSA) is 85.0 Å². The molecule has 5 rings (SSSR count). The highest BCUT2D eigenvalue weighted by Gasteiger charge is 2.49. The van der Waals surface area contributed by atoms with Gasteiger partial charge in [-0.05, 0) is 67.9 Å². The Morgan fingerprint density at radius 1 is 0.972 bits per heavy atom. The molecule has 0 bridgehead atoms. The Morgan fingerprint density at radius 3 is 2.36 bits per heavy atom. The minimum absolute atomic E-state index is 0.0277. The Kier molecular flexibility index (Phi) is 6.57. The van der Waals surface area contributed by atoms with Crippen molar-refractivity contribution in [3.63, 3.8) is 0 Å². The van der Waals surface area contributed by atoms with Crippen LogP contribution in [0.5, 0.6) is 0 Å². The zero-order valence-electron chi connectivity index (χ0n) is 21.4. The Morgan fingerprint density at radius 2 is 1.64 bits per heavy atom. The van der Waals surface area contributed by atoms with Gasteiger partial charge in [-0.15, -0.1) is 0 Å². The van der Waals surface area contributed by atoms with Crippen LogP contribution in [0.15, 0.2) is 36.4 Å². The number of nitrogens with one attached hydrogen (secondary N) is 2. The van der Waals surface area contributed by atoms with Gasteiger partial charge in [-0.1, -0.05) is 36.4 Å². The highest BCUT2D eigenvalue weighted by molar-refractivity contribution is 6.07. The fourth-order valence-corrected chi connectivity index (χ4v) is 5.59. The van der Waals surface area contributed by atoms with Crippen molar-refractivity contribution in [3.05, 3.63) is 64.2 Å². The van der Waals surface area contributed by atoms with Gasteiger partial charge in [0.05, 0.1) is 13.2 Å². The second kappa shape index (κ2) is 9.67. The molecule has 1 aliphatic carbocycles. The molecule has 0 aromatic heterocycles. The first-order valence-corrected chi connectivity index (χ1v) is 12.8. The molecule has 2 N–H and O–H groups in total. The molecule has 3 aliphatic rings. The van der Waals surface area contributed by atoms with E-state index < -0.39 is 5.54 Å². The Hall–Kier alpha value is -3.23. The summed E-state index contributed by atoms with van der Waals surface area (Å²) in [6.07, 6.45) is 3.25. The SMILES string of the molecule is Cc1cccc(C)c1NC(=O)CN1CCN(CN2C(=O)NC(C)(c3ccc4c(c3)CCC4)C2=O)CC1. The van der Waals surface area contributed by atoms with Gasteiger partial charge in [0.15, 0.2) is 0 Å². The van der Waals surface area contributed by atoms with Gasteiger partial charge >= 0.3 is 6.03 Å². The van der Waals surface area contributed by atoms with Gasteiger partial charge in [0.1, 0.15) is 5.54 Å². The van der Waals surface area contributed by atoms with Gasteiger partial charge in [-0.3, -0.25) is 19.4 Å². The predicted molar refractivity (Wildman–Crippen MR) is 139 cm³/mol. The molecule has 4 amide bonds. The zero-order chi connectivity index (χ0) is 25.4. The second-order valence-corrected chi connectivity index (χ2v) is 10.5. The highest BCUT2D eigenvalue weighted by Crippen LogP contribution is 2.32. The second-order valence-electron chi connectivity index (χ2n) is 10.5. The molecule has 190 valence electrons. The number of rotatable bonds is 6. The lowest BCUT2D eigenvalue weighted by Crippen LogP contribution is -2.52. The van der Waals surface area contributed by atoms with Gasteiger partial charge in [-0.25, -0.2) is 9.69 Å². The maximum atomic E-state index is 13.4. The number of piperazine rings is 1. The van der Waals surface area contributed by atoms with Gasteiger partial charge in [-0.2, -0.15) is 0 Å².